The summed E-state index contributed by atoms with van der Waals surface area (Å²) in [4.78, 5) is 12.6. The van der Waals surface area contributed by atoms with Gasteiger partial charge in [0.05, 0.1) is 9.37 Å². The molecule has 8 heteroatoms. The van der Waals surface area contributed by atoms with E-state index < -0.39 is 21.5 Å². The molecule has 2 N–H and O–H groups in total. The molecule has 3 aromatic rings. The average Bonchev–Trinajstić information content (AvgIpc) is 2.99. The quantitative estimate of drug-likeness (QED) is 0.611. The fraction of sp³-hybridized carbons (Fsp3) is 0.211. The number of halogens is 1. The molecule has 0 spiro atoms. The second-order valence-corrected chi connectivity index (χ2v) is 9.64. The Labute approximate surface area is 166 Å². The number of carbonyl (C=O) groups is 1. The molecule has 3 rings (SSSR count). The standard InChI is InChI=1S/C19H19BrN2O4S/c1-19(2,3)22-27(24,25)14-8-5-7-13(11-14)21-18(23)16-10-12-6-4-9-15(20)17(12)26-16/h4-11,22H,1-3H3,(H,21,23). The van der Waals surface area contributed by atoms with E-state index in [0.29, 0.717) is 11.3 Å². The van der Waals surface area contributed by atoms with Gasteiger partial charge in [-0.1, -0.05) is 18.2 Å². The van der Waals surface area contributed by atoms with E-state index in [4.69, 9.17) is 4.42 Å². The number of anilines is 1. The Morgan fingerprint density at radius 1 is 1.07 bits per heavy atom. The average molecular weight is 451 g/mol. The molecule has 27 heavy (non-hydrogen) atoms. The minimum absolute atomic E-state index is 0.0718. The summed E-state index contributed by atoms with van der Waals surface area (Å²) in [6, 6.07) is 13.2. The lowest BCUT2D eigenvalue weighted by Gasteiger charge is -2.20. The zero-order valence-corrected chi connectivity index (χ0v) is 17.4. The smallest absolute Gasteiger partial charge is 0.291 e. The van der Waals surface area contributed by atoms with Crippen LogP contribution < -0.4 is 10.0 Å². The van der Waals surface area contributed by atoms with Crippen molar-refractivity contribution in [2.24, 2.45) is 0 Å². The van der Waals surface area contributed by atoms with E-state index in [1.54, 1.807) is 39.0 Å². The molecule has 1 amide bonds. The maximum absolute atomic E-state index is 12.5. The molecule has 0 radical (unpaired) electrons. The van der Waals surface area contributed by atoms with Crippen molar-refractivity contribution in [1.29, 1.82) is 0 Å². The van der Waals surface area contributed by atoms with Crippen LogP contribution in [0.25, 0.3) is 11.0 Å². The topological polar surface area (TPSA) is 88.4 Å². The van der Waals surface area contributed by atoms with Crippen molar-refractivity contribution < 1.29 is 17.6 Å². The molecular formula is C19H19BrN2O4S. The third-order valence-electron chi connectivity index (χ3n) is 3.56. The molecule has 1 aromatic heterocycles. The number of carbonyl (C=O) groups excluding carboxylic acids is 1. The Kier molecular flexibility index (Phi) is 5.16. The van der Waals surface area contributed by atoms with Gasteiger partial charge in [0.2, 0.25) is 10.0 Å². The Bertz CT molecular complexity index is 1110. The summed E-state index contributed by atoms with van der Waals surface area (Å²) in [5, 5.41) is 3.47. The molecule has 1 heterocycles. The van der Waals surface area contributed by atoms with Crippen molar-refractivity contribution in [3.8, 4) is 0 Å². The van der Waals surface area contributed by atoms with Crippen LogP contribution in [0.1, 0.15) is 31.3 Å². The lowest BCUT2D eigenvalue weighted by Crippen LogP contribution is -2.40. The molecule has 142 valence electrons. The van der Waals surface area contributed by atoms with Crippen LogP contribution in [-0.4, -0.2) is 19.9 Å². The van der Waals surface area contributed by atoms with Crippen LogP contribution in [0.2, 0.25) is 0 Å². The van der Waals surface area contributed by atoms with Crippen molar-refractivity contribution >= 4 is 48.5 Å². The number of hydrogen-bond donors (Lipinski definition) is 2. The number of furan rings is 1. The second kappa shape index (κ2) is 7.10. The Balaban J connectivity index is 1.85. The molecule has 0 aliphatic carbocycles. The van der Waals surface area contributed by atoms with E-state index in [9.17, 15) is 13.2 Å². The van der Waals surface area contributed by atoms with Gasteiger partial charge >= 0.3 is 0 Å². The number of benzene rings is 2. The number of hydrogen-bond acceptors (Lipinski definition) is 4. The Morgan fingerprint density at radius 3 is 2.44 bits per heavy atom. The summed E-state index contributed by atoms with van der Waals surface area (Å²) in [5.41, 5.74) is 0.324. The first kappa shape index (κ1) is 19.6. The summed E-state index contributed by atoms with van der Waals surface area (Å²) < 4.78 is 33.9. The van der Waals surface area contributed by atoms with Crippen molar-refractivity contribution in [1.82, 2.24) is 4.72 Å². The molecule has 0 unspecified atom stereocenters. The number of rotatable bonds is 4. The van der Waals surface area contributed by atoms with Crippen LogP contribution in [0.3, 0.4) is 0 Å². The third-order valence-corrected chi connectivity index (χ3v) is 5.94. The van der Waals surface area contributed by atoms with Crippen LogP contribution in [0.15, 0.2) is 62.3 Å². The highest BCUT2D eigenvalue weighted by atomic mass is 79.9. The maximum Gasteiger partial charge on any atom is 0.291 e. The highest BCUT2D eigenvalue weighted by molar-refractivity contribution is 9.10. The zero-order valence-electron chi connectivity index (χ0n) is 15.0. The van der Waals surface area contributed by atoms with Crippen molar-refractivity contribution in [3.05, 3.63) is 58.8 Å². The number of fused-ring (bicyclic) bond motifs is 1. The first-order chi connectivity index (χ1) is 12.5. The van der Waals surface area contributed by atoms with Crippen molar-refractivity contribution in [3.63, 3.8) is 0 Å². The summed E-state index contributed by atoms with van der Waals surface area (Å²) in [6.07, 6.45) is 0. The molecule has 2 aromatic carbocycles. The molecule has 6 nitrogen and oxygen atoms in total. The summed E-state index contributed by atoms with van der Waals surface area (Å²) in [6.45, 7) is 5.28. The van der Waals surface area contributed by atoms with Gasteiger partial charge < -0.3 is 9.73 Å². The number of amides is 1. The van der Waals surface area contributed by atoms with E-state index in [1.165, 1.54) is 12.1 Å². The van der Waals surface area contributed by atoms with Crippen LogP contribution in [-0.2, 0) is 10.0 Å². The molecular weight excluding hydrogens is 432 g/mol. The number of nitrogens with one attached hydrogen (secondary N) is 2. The van der Waals surface area contributed by atoms with Gasteiger partial charge in [-0.05, 0) is 67.0 Å². The molecule has 0 atom stereocenters. The van der Waals surface area contributed by atoms with Crippen LogP contribution in [0.5, 0.6) is 0 Å². The molecule has 0 fully saturated rings. The fourth-order valence-electron chi connectivity index (χ4n) is 2.54. The van der Waals surface area contributed by atoms with E-state index in [1.807, 2.05) is 18.2 Å². The number of sulfonamides is 1. The lowest BCUT2D eigenvalue weighted by atomic mass is 10.1. The van der Waals surface area contributed by atoms with Crippen LogP contribution in [0, 0.1) is 0 Å². The van der Waals surface area contributed by atoms with E-state index in [0.717, 1.165) is 9.86 Å². The minimum Gasteiger partial charge on any atom is -0.450 e. The van der Waals surface area contributed by atoms with Gasteiger partial charge in [0.25, 0.3) is 5.91 Å². The predicted molar refractivity (Wildman–Crippen MR) is 108 cm³/mol. The summed E-state index contributed by atoms with van der Waals surface area (Å²) in [7, 11) is -3.70. The maximum atomic E-state index is 12.5. The van der Waals surface area contributed by atoms with E-state index in [-0.39, 0.29) is 10.7 Å². The van der Waals surface area contributed by atoms with Gasteiger partial charge in [-0.3, -0.25) is 4.79 Å². The molecule has 0 aliphatic rings. The highest BCUT2D eigenvalue weighted by Gasteiger charge is 2.22. The molecule has 0 aliphatic heterocycles. The number of para-hydroxylation sites is 1. The van der Waals surface area contributed by atoms with Gasteiger partial charge in [0.15, 0.2) is 5.76 Å². The van der Waals surface area contributed by atoms with E-state index in [2.05, 4.69) is 26.0 Å². The normalized spacial score (nSPS) is 12.3. The Hall–Kier alpha value is -2.16. The van der Waals surface area contributed by atoms with Gasteiger partial charge in [0.1, 0.15) is 5.58 Å². The van der Waals surface area contributed by atoms with Crippen molar-refractivity contribution in [2.75, 3.05) is 5.32 Å². The fourth-order valence-corrected chi connectivity index (χ4v) is 4.46. The first-order valence-corrected chi connectivity index (χ1v) is 10.5. The third kappa shape index (κ3) is 4.58. The second-order valence-electron chi connectivity index (χ2n) is 7.11. The first-order valence-electron chi connectivity index (χ1n) is 8.19. The van der Waals surface area contributed by atoms with Gasteiger partial charge in [-0.2, -0.15) is 0 Å². The zero-order chi connectivity index (χ0) is 19.8. The predicted octanol–water partition coefficient (Wildman–Crippen LogP) is 4.52. The van der Waals surface area contributed by atoms with Gasteiger partial charge in [0, 0.05) is 16.6 Å². The molecule has 0 saturated carbocycles. The molecule has 0 saturated heterocycles. The minimum atomic E-state index is -3.70. The molecule has 0 bridgehead atoms. The SMILES string of the molecule is CC(C)(C)NS(=O)(=O)c1cccc(NC(=O)c2cc3cccc(Br)c3o2)c1. The van der Waals surface area contributed by atoms with E-state index >= 15 is 0 Å². The van der Waals surface area contributed by atoms with Gasteiger partial charge in [-0.25, -0.2) is 13.1 Å². The summed E-state index contributed by atoms with van der Waals surface area (Å²) >= 11 is 3.38. The summed E-state index contributed by atoms with van der Waals surface area (Å²) in [5.74, 6) is -0.325. The van der Waals surface area contributed by atoms with Gasteiger partial charge in [-0.15, -0.1) is 0 Å². The van der Waals surface area contributed by atoms with Crippen LogP contribution >= 0.6 is 15.9 Å². The van der Waals surface area contributed by atoms with Crippen molar-refractivity contribution in [2.45, 2.75) is 31.2 Å². The largest absolute Gasteiger partial charge is 0.450 e. The monoisotopic (exact) mass is 450 g/mol. The van der Waals surface area contributed by atoms with Crippen LogP contribution in [0.4, 0.5) is 5.69 Å². The lowest BCUT2D eigenvalue weighted by molar-refractivity contribution is 0.0998. The Morgan fingerprint density at radius 2 is 1.78 bits per heavy atom. The highest BCUT2D eigenvalue weighted by Crippen LogP contribution is 2.27.